The number of aliphatic imine (C=N–C) groups is 2. The van der Waals surface area contributed by atoms with Crippen LogP contribution in [0.15, 0.2) is 9.98 Å². The zero-order chi connectivity index (χ0) is 58.9. The number of nitrogens with one attached hydrogen (secondary N) is 9. The Balaban J connectivity index is 6.47. The number of unbranched alkanes of at least 4 members (excludes halogenated alkanes) is 2. The highest BCUT2D eigenvalue weighted by Gasteiger charge is 2.36. The van der Waals surface area contributed by atoms with Crippen LogP contribution in [0.2, 0.25) is 0 Å². The number of hydrogen-bond acceptors (Lipinski definition) is 17. The van der Waals surface area contributed by atoms with Crippen LogP contribution in [0.25, 0.3) is 0 Å². The van der Waals surface area contributed by atoms with E-state index in [1.165, 1.54) is 27.7 Å². The van der Waals surface area contributed by atoms with Crippen LogP contribution in [0.3, 0.4) is 0 Å². The lowest BCUT2D eigenvalue weighted by molar-refractivity contribution is -0.142. The van der Waals surface area contributed by atoms with Crippen molar-refractivity contribution in [1.82, 2.24) is 47.9 Å². The summed E-state index contributed by atoms with van der Waals surface area (Å²) in [5, 5.41) is 52.9. The number of carboxylic acid groups (broad SMARTS) is 1. The molecule has 10 amide bonds. The molecule has 438 valence electrons. The largest absolute Gasteiger partial charge is 0.480 e. The normalized spacial score (nSPS) is 15.2. The maximum atomic E-state index is 14.0. The molecule has 26 N–H and O–H groups in total. The summed E-state index contributed by atoms with van der Waals surface area (Å²) in [5.74, 6) is -10.9. The molecule has 0 rings (SSSR count). The van der Waals surface area contributed by atoms with E-state index in [1.807, 2.05) is 0 Å². The van der Waals surface area contributed by atoms with Gasteiger partial charge < -0.3 is 103 Å². The number of aliphatic carboxylic acids is 1. The molecular formula is C45H84N18O14. The van der Waals surface area contributed by atoms with Gasteiger partial charge in [0.15, 0.2) is 11.9 Å². The Hall–Kier alpha value is -7.45. The smallest absolute Gasteiger partial charge is 0.326 e. The molecule has 0 spiro atoms. The molecule has 0 unspecified atom stereocenters. The molecule has 0 aliphatic rings. The third-order valence-electron chi connectivity index (χ3n) is 11.2. The van der Waals surface area contributed by atoms with Crippen molar-refractivity contribution in [3.63, 3.8) is 0 Å². The predicted molar refractivity (Wildman–Crippen MR) is 279 cm³/mol. The van der Waals surface area contributed by atoms with Gasteiger partial charge in [-0.1, -0.05) is 0 Å². The second-order valence-corrected chi connectivity index (χ2v) is 18.3. The molecule has 0 aliphatic carbocycles. The lowest BCUT2D eigenvalue weighted by Crippen LogP contribution is -2.62. The number of aliphatic hydroxyl groups excluding tert-OH is 2. The van der Waals surface area contributed by atoms with Crippen molar-refractivity contribution in [2.24, 2.45) is 50.1 Å². The number of primary amides is 1. The summed E-state index contributed by atoms with van der Waals surface area (Å²) in [5.41, 5.74) is 38.2. The van der Waals surface area contributed by atoms with Gasteiger partial charge in [-0.25, -0.2) is 4.79 Å². The standard InChI is InChI=1S/C45H84N18O14/c1-22(47)35(68)57-29(15-11-21-55-45(51)52)39(72)63-34(25(4)65)42(75)60-27(12-6-8-18-46)37(70)59-30(16-17-32(48)67)40(73)62-33(24(3)64)41(74)56-23(2)36(69)58-28(14-10-20-54-44(49)50)38(71)61-31(43(76)77)13-7-9-19-53-26(5)66/h22-25,27-31,33-34,64-65H,6-21,46-47H2,1-5H3,(H2,48,67)(H,53,66)(H,56,74)(H,57,68)(H,58,69)(H,59,70)(H,60,75)(H,61,71)(H,62,73)(H,63,72)(H,76,77)(H4,49,50,54)(H4,51,52,55)/t22-,23-,24+,25+,27-,28-,29-,30-,31-,33-,34-/m0/s1. The van der Waals surface area contributed by atoms with Crippen LogP contribution in [0.1, 0.15) is 112 Å². The first kappa shape index (κ1) is 69.5. The van der Waals surface area contributed by atoms with Gasteiger partial charge in [-0.2, -0.15) is 0 Å². The van der Waals surface area contributed by atoms with E-state index in [1.54, 1.807) is 0 Å². The second-order valence-electron chi connectivity index (χ2n) is 18.3. The third kappa shape index (κ3) is 30.0. The molecule has 0 aromatic carbocycles. The monoisotopic (exact) mass is 1100 g/mol. The number of amides is 10. The SMILES string of the molecule is CC(=O)NCCCC[C@H](NC(=O)[C@H](CCCN=C(N)N)NC(=O)[C@H](C)NC(=O)[C@@H](NC(=O)[C@H](CCC(N)=O)NC(=O)[C@H](CCCCN)NC(=O)[C@@H](NC(=O)[C@H](CCCN=C(N)N)NC(=O)[C@H](C)N)[C@@H](C)O)[C@@H](C)O)C(=O)O. The number of carbonyl (C=O) groups is 11. The summed E-state index contributed by atoms with van der Waals surface area (Å²) in [6.07, 6.45) is -2.92. The fourth-order valence-corrected chi connectivity index (χ4v) is 6.95. The van der Waals surface area contributed by atoms with Crippen molar-refractivity contribution in [1.29, 1.82) is 0 Å². The Morgan fingerprint density at radius 2 is 0.844 bits per heavy atom. The van der Waals surface area contributed by atoms with Gasteiger partial charge in [0.05, 0.1) is 18.2 Å². The predicted octanol–water partition coefficient (Wildman–Crippen LogP) is -8.11. The molecule has 11 atom stereocenters. The lowest BCUT2D eigenvalue weighted by Gasteiger charge is -2.29. The van der Waals surface area contributed by atoms with E-state index in [0.29, 0.717) is 19.3 Å². The van der Waals surface area contributed by atoms with E-state index in [0.717, 1.165) is 6.92 Å². The Labute approximate surface area is 446 Å². The van der Waals surface area contributed by atoms with E-state index in [2.05, 4.69) is 57.8 Å². The van der Waals surface area contributed by atoms with Gasteiger partial charge in [0.1, 0.15) is 48.3 Å². The third-order valence-corrected chi connectivity index (χ3v) is 11.2. The van der Waals surface area contributed by atoms with Gasteiger partial charge in [0, 0.05) is 33.0 Å². The van der Waals surface area contributed by atoms with Gasteiger partial charge in [-0.15, -0.1) is 0 Å². The number of nitrogens with zero attached hydrogens (tertiary/aromatic N) is 2. The molecule has 0 radical (unpaired) electrons. The first-order valence-electron chi connectivity index (χ1n) is 25.1. The van der Waals surface area contributed by atoms with Crippen LogP contribution < -0.4 is 88.0 Å². The van der Waals surface area contributed by atoms with Crippen molar-refractivity contribution in [3.05, 3.63) is 0 Å². The van der Waals surface area contributed by atoms with Crippen LogP contribution in [-0.4, -0.2) is 185 Å². The molecule has 0 bridgehead atoms. The Morgan fingerprint density at radius 3 is 1.26 bits per heavy atom. The Kier molecular flexibility index (Phi) is 33.7. The van der Waals surface area contributed by atoms with Crippen LogP contribution >= 0.6 is 0 Å². The van der Waals surface area contributed by atoms with Gasteiger partial charge in [-0.05, 0) is 105 Å². The van der Waals surface area contributed by atoms with Crippen molar-refractivity contribution < 1.29 is 68.1 Å². The summed E-state index contributed by atoms with van der Waals surface area (Å²) < 4.78 is 0. The van der Waals surface area contributed by atoms with Crippen molar-refractivity contribution in [2.75, 3.05) is 26.2 Å². The van der Waals surface area contributed by atoms with Gasteiger partial charge >= 0.3 is 5.97 Å². The van der Waals surface area contributed by atoms with Crippen molar-refractivity contribution in [2.45, 2.75) is 178 Å². The lowest BCUT2D eigenvalue weighted by atomic mass is 10.0. The summed E-state index contributed by atoms with van der Waals surface area (Å²) in [7, 11) is 0. The molecule has 0 heterocycles. The number of carbonyl (C=O) groups excluding carboxylic acids is 10. The molecule has 0 aromatic rings. The molecule has 0 aliphatic heterocycles. The van der Waals surface area contributed by atoms with Gasteiger partial charge in [0.2, 0.25) is 59.1 Å². The molecule has 0 saturated carbocycles. The van der Waals surface area contributed by atoms with Gasteiger partial charge in [0.25, 0.3) is 0 Å². The quantitative estimate of drug-likeness (QED) is 0.0154. The summed E-state index contributed by atoms with van der Waals surface area (Å²) in [4.78, 5) is 151. The number of rotatable bonds is 39. The van der Waals surface area contributed by atoms with Gasteiger partial charge in [-0.3, -0.25) is 57.9 Å². The minimum absolute atomic E-state index is 0.0211. The first-order chi connectivity index (χ1) is 36.0. The molecule has 32 nitrogen and oxygen atoms in total. The fraction of sp³-hybridized carbons (Fsp3) is 0.711. The summed E-state index contributed by atoms with van der Waals surface area (Å²) in [6, 6.07) is -13.3. The average molecular weight is 1100 g/mol. The van der Waals surface area contributed by atoms with E-state index in [9.17, 15) is 68.1 Å². The van der Waals surface area contributed by atoms with Crippen molar-refractivity contribution in [3.8, 4) is 0 Å². The number of nitrogens with two attached hydrogens (primary N) is 7. The van der Waals surface area contributed by atoms with Crippen molar-refractivity contribution >= 4 is 77.0 Å². The number of hydrogen-bond donors (Lipinski definition) is 19. The Morgan fingerprint density at radius 1 is 0.468 bits per heavy atom. The van der Waals surface area contributed by atoms with E-state index < -0.39 is 139 Å². The number of guanidine groups is 2. The fourth-order valence-electron chi connectivity index (χ4n) is 6.95. The number of carboxylic acids is 1. The highest BCUT2D eigenvalue weighted by Crippen LogP contribution is 2.10. The molecular weight excluding hydrogens is 1020 g/mol. The molecule has 77 heavy (non-hydrogen) atoms. The zero-order valence-electron chi connectivity index (χ0n) is 44.4. The highest BCUT2D eigenvalue weighted by atomic mass is 16.4. The second kappa shape index (κ2) is 37.3. The highest BCUT2D eigenvalue weighted by molar-refractivity contribution is 5.98. The Bertz CT molecular complexity index is 2030. The maximum absolute atomic E-state index is 14.0. The number of aliphatic hydroxyl groups is 2. The maximum Gasteiger partial charge on any atom is 0.326 e. The zero-order valence-corrected chi connectivity index (χ0v) is 44.4. The van der Waals surface area contributed by atoms with E-state index in [-0.39, 0.29) is 89.0 Å². The summed E-state index contributed by atoms with van der Waals surface area (Å²) in [6.45, 7) is 6.73. The first-order valence-corrected chi connectivity index (χ1v) is 25.1. The minimum Gasteiger partial charge on any atom is -0.480 e. The van der Waals surface area contributed by atoms with Crippen LogP contribution in [0, 0.1) is 0 Å². The van der Waals surface area contributed by atoms with E-state index in [4.69, 9.17) is 40.1 Å². The molecule has 0 fully saturated rings. The molecule has 0 aromatic heterocycles. The average Bonchev–Trinajstić information content (AvgIpc) is 3.33. The molecule has 32 heteroatoms. The van der Waals surface area contributed by atoms with Crippen LogP contribution in [-0.2, 0) is 52.7 Å². The topological polar surface area (TPSA) is 564 Å². The van der Waals surface area contributed by atoms with E-state index >= 15 is 0 Å². The minimum atomic E-state index is -1.84. The molecule has 0 saturated heterocycles. The summed E-state index contributed by atoms with van der Waals surface area (Å²) >= 11 is 0. The van der Waals surface area contributed by atoms with Crippen LogP contribution in [0.5, 0.6) is 0 Å². The van der Waals surface area contributed by atoms with Crippen LogP contribution in [0.4, 0.5) is 0 Å².